The Labute approximate surface area is 169 Å². The molecular weight excluding hydrogens is 374 g/mol. The first-order valence-corrected chi connectivity index (χ1v) is 10.4. The molecule has 0 atom stereocenters. The maximum absolute atomic E-state index is 13.2. The van der Waals surface area contributed by atoms with Crippen molar-refractivity contribution in [1.29, 1.82) is 0 Å². The van der Waals surface area contributed by atoms with Gasteiger partial charge in [-0.25, -0.2) is 0 Å². The van der Waals surface area contributed by atoms with Crippen LogP contribution in [-0.4, -0.2) is 42.4 Å². The van der Waals surface area contributed by atoms with Crippen molar-refractivity contribution in [2.75, 3.05) is 26.7 Å². The van der Waals surface area contributed by atoms with E-state index in [0.717, 1.165) is 35.6 Å². The Morgan fingerprint density at radius 3 is 2.57 bits per heavy atom. The summed E-state index contributed by atoms with van der Waals surface area (Å²) < 4.78 is 0. The summed E-state index contributed by atoms with van der Waals surface area (Å²) in [5.41, 5.74) is 0.362. The van der Waals surface area contributed by atoms with E-state index in [4.69, 9.17) is 0 Å². The highest BCUT2D eigenvalue weighted by molar-refractivity contribution is 7.99. The van der Waals surface area contributed by atoms with Crippen LogP contribution in [0.2, 0.25) is 0 Å². The zero-order valence-corrected chi connectivity index (χ0v) is 16.8. The topological polar surface area (TPSA) is 75.5 Å². The lowest BCUT2D eigenvalue weighted by Crippen LogP contribution is -2.39. The average molecular weight is 400 g/mol. The minimum absolute atomic E-state index is 0.0512. The van der Waals surface area contributed by atoms with Gasteiger partial charge in [-0.05, 0) is 57.0 Å². The highest BCUT2D eigenvalue weighted by Gasteiger charge is 2.26. The molecule has 28 heavy (non-hydrogen) atoms. The second-order valence-electron chi connectivity index (χ2n) is 6.98. The number of benzene rings is 2. The van der Waals surface area contributed by atoms with E-state index in [0.29, 0.717) is 24.6 Å². The zero-order valence-electron chi connectivity index (χ0n) is 16.0. The van der Waals surface area contributed by atoms with Gasteiger partial charge < -0.3 is 10.2 Å². The summed E-state index contributed by atoms with van der Waals surface area (Å²) in [6, 6.07) is 14.3. The molecule has 0 saturated carbocycles. The van der Waals surface area contributed by atoms with Crippen LogP contribution in [0.5, 0.6) is 0 Å². The highest BCUT2D eigenvalue weighted by Crippen LogP contribution is 2.34. The van der Waals surface area contributed by atoms with E-state index < -0.39 is 4.92 Å². The van der Waals surface area contributed by atoms with Crippen molar-refractivity contribution in [3.05, 3.63) is 64.2 Å². The van der Waals surface area contributed by atoms with Gasteiger partial charge in [0.05, 0.1) is 10.5 Å². The van der Waals surface area contributed by atoms with E-state index in [1.807, 2.05) is 42.3 Å². The van der Waals surface area contributed by atoms with Gasteiger partial charge >= 0.3 is 0 Å². The van der Waals surface area contributed by atoms with Gasteiger partial charge in [0.1, 0.15) is 0 Å². The Bertz CT molecular complexity index is 821. The summed E-state index contributed by atoms with van der Waals surface area (Å²) in [7, 11) is 1.95. The molecule has 0 aliphatic carbocycles. The minimum Gasteiger partial charge on any atom is -0.339 e. The summed E-state index contributed by atoms with van der Waals surface area (Å²) in [5.74, 6) is 0.508. The monoisotopic (exact) mass is 399 g/mol. The molecule has 1 saturated heterocycles. The standard InChI is InChI=1S/C21H25N3O3S/c1-22-12-9-16-10-13-23(14-11-16)21(25)19-15-17(24(26)27)7-8-20(19)28-18-5-3-2-4-6-18/h2-8,15-16,22H,9-14H2,1H3. The number of non-ortho nitro benzene ring substituents is 1. The van der Waals surface area contributed by atoms with Crippen molar-refractivity contribution in [2.45, 2.75) is 29.1 Å². The van der Waals surface area contributed by atoms with Crippen LogP contribution in [0.1, 0.15) is 29.6 Å². The van der Waals surface area contributed by atoms with E-state index in [2.05, 4.69) is 5.32 Å². The predicted molar refractivity (Wildman–Crippen MR) is 111 cm³/mol. The van der Waals surface area contributed by atoms with Crippen molar-refractivity contribution in [1.82, 2.24) is 10.2 Å². The fourth-order valence-electron chi connectivity index (χ4n) is 3.45. The molecule has 2 aromatic carbocycles. The van der Waals surface area contributed by atoms with E-state index in [9.17, 15) is 14.9 Å². The quantitative estimate of drug-likeness (QED) is 0.558. The predicted octanol–water partition coefficient (Wildman–Crippen LogP) is 4.21. The Morgan fingerprint density at radius 2 is 1.93 bits per heavy atom. The average Bonchev–Trinajstić information content (AvgIpc) is 2.73. The lowest BCUT2D eigenvalue weighted by atomic mass is 9.93. The van der Waals surface area contributed by atoms with Crippen LogP contribution in [0.3, 0.4) is 0 Å². The van der Waals surface area contributed by atoms with Crippen molar-refractivity contribution in [3.63, 3.8) is 0 Å². The summed E-state index contributed by atoms with van der Waals surface area (Å²) in [5, 5.41) is 14.4. The van der Waals surface area contributed by atoms with Gasteiger partial charge in [0.15, 0.2) is 0 Å². The first-order chi connectivity index (χ1) is 13.6. The number of hydrogen-bond donors (Lipinski definition) is 1. The lowest BCUT2D eigenvalue weighted by molar-refractivity contribution is -0.384. The molecule has 148 valence electrons. The zero-order chi connectivity index (χ0) is 19.9. The molecule has 6 nitrogen and oxygen atoms in total. The molecule has 0 radical (unpaired) electrons. The maximum atomic E-state index is 13.2. The normalized spacial score (nSPS) is 14.8. The molecule has 3 rings (SSSR count). The number of nitro benzene ring substituents is 1. The molecule has 7 heteroatoms. The van der Waals surface area contributed by atoms with Gasteiger partial charge in [-0.15, -0.1) is 0 Å². The summed E-state index contributed by atoms with van der Waals surface area (Å²) in [4.78, 5) is 27.6. The van der Waals surface area contributed by atoms with Gasteiger partial charge in [-0.3, -0.25) is 14.9 Å². The second-order valence-corrected chi connectivity index (χ2v) is 8.10. The third kappa shape index (κ3) is 5.11. The molecule has 1 aliphatic rings. The van der Waals surface area contributed by atoms with Crippen LogP contribution in [0.15, 0.2) is 58.3 Å². The van der Waals surface area contributed by atoms with Crippen molar-refractivity contribution in [3.8, 4) is 0 Å². The number of nitrogens with one attached hydrogen (secondary N) is 1. The van der Waals surface area contributed by atoms with Gasteiger partial charge in [-0.1, -0.05) is 30.0 Å². The van der Waals surface area contributed by atoms with Crippen molar-refractivity contribution in [2.24, 2.45) is 5.92 Å². The number of nitro groups is 1. The molecule has 1 aliphatic heterocycles. The maximum Gasteiger partial charge on any atom is 0.270 e. The van der Waals surface area contributed by atoms with Crippen LogP contribution in [0.25, 0.3) is 0 Å². The second kappa shape index (κ2) is 9.71. The molecule has 0 aromatic heterocycles. The van der Waals surface area contributed by atoms with E-state index in [-0.39, 0.29) is 11.6 Å². The number of amides is 1. The van der Waals surface area contributed by atoms with Gasteiger partial charge in [-0.2, -0.15) is 0 Å². The molecule has 1 N–H and O–H groups in total. The first-order valence-electron chi connectivity index (χ1n) is 9.53. The van der Waals surface area contributed by atoms with E-state index >= 15 is 0 Å². The third-order valence-corrected chi connectivity index (χ3v) is 6.16. The van der Waals surface area contributed by atoms with E-state index in [1.54, 1.807) is 6.07 Å². The Hall–Kier alpha value is -2.38. The SMILES string of the molecule is CNCCC1CCN(C(=O)c2cc([N+](=O)[O-])ccc2Sc2ccccc2)CC1. The first kappa shape index (κ1) is 20.4. The number of nitrogens with zero attached hydrogens (tertiary/aromatic N) is 2. The Kier molecular flexibility index (Phi) is 7.06. The molecular formula is C21H25N3O3S. The van der Waals surface area contributed by atoms with Gasteiger partial charge in [0, 0.05) is 35.0 Å². The largest absolute Gasteiger partial charge is 0.339 e. The molecule has 0 spiro atoms. The smallest absolute Gasteiger partial charge is 0.270 e. The number of piperidine rings is 1. The van der Waals surface area contributed by atoms with Crippen LogP contribution >= 0.6 is 11.8 Å². The number of likely N-dealkylation sites (tertiary alicyclic amines) is 1. The van der Waals surface area contributed by atoms with Gasteiger partial charge in [0.25, 0.3) is 11.6 Å². The summed E-state index contributed by atoms with van der Waals surface area (Å²) >= 11 is 1.46. The van der Waals surface area contributed by atoms with E-state index in [1.165, 1.54) is 23.9 Å². The number of carbonyl (C=O) groups is 1. The summed E-state index contributed by atoms with van der Waals surface area (Å²) in [6.45, 7) is 2.39. The van der Waals surface area contributed by atoms with Crippen LogP contribution < -0.4 is 5.32 Å². The van der Waals surface area contributed by atoms with Gasteiger partial charge in [0.2, 0.25) is 0 Å². The van der Waals surface area contributed by atoms with Crippen LogP contribution in [-0.2, 0) is 0 Å². The van der Waals surface area contributed by atoms with Crippen molar-refractivity contribution < 1.29 is 9.72 Å². The molecule has 1 amide bonds. The molecule has 2 aromatic rings. The minimum atomic E-state index is -0.447. The fourth-order valence-corrected chi connectivity index (χ4v) is 4.39. The third-order valence-electron chi connectivity index (χ3n) is 5.08. The summed E-state index contributed by atoms with van der Waals surface area (Å²) in [6.07, 6.45) is 3.07. The molecule has 0 bridgehead atoms. The fraction of sp³-hybridized carbons (Fsp3) is 0.381. The molecule has 1 heterocycles. The number of rotatable bonds is 7. The highest BCUT2D eigenvalue weighted by atomic mass is 32.2. The van der Waals surface area contributed by atoms with Crippen LogP contribution in [0, 0.1) is 16.0 Å². The molecule has 0 unspecified atom stereocenters. The Balaban J connectivity index is 1.79. The number of carbonyl (C=O) groups excluding carboxylic acids is 1. The van der Waals surface area contributed by atoms with Crippen molar-refractivity contribution >= 4 is 23.4 Å². The molecule has 1 fully saturated rings. The lowest BCUT2D eigenvalue weighted by Gasteiger charge is -2.32. The van der Waals surface area contributed by atoms with Crippen LogP contribution in [0.4, 0.5) is 5.69 Å². The number of hydrogen-bond acceptors (Lipinski definition) is 5. The Morgan fingerprint density at radius 1 is 1.21 bits per heavy atom.